The topological polar surface area (TPSA) is 51.7 Å². The number of nitrogens with zero attached hydrogens (tertiary/aromatic N) is 2. The highest BCUT2D eigenvalue weighted by Gasteiger charge is 2.26. The van der Waals surface area contributed by atoms with Gasteiger partial charge in [-0.05, 0) is 48.6 Å². The van der Waals surface area contributed by atoms with Gasteiger partial charge in [0.25, 0.3) is 5.91 Å². The van der Waals surface area contributed by atoms with Gasteiger partial charge in [0.2, 0.25) is 6.79 Å². The van der Waals surface area contributed by atoms with Crippen LogP contribution in [0.4, 0.5) is 5.82 Å². The zero-order chi connectivity index (χ0) is 19.3. The van der Waals surface area contributed by atoms with E-state index in [4.69, 9.17) is 9.47 Å². The number of aromatic nitrogens is 1. The summed E-state index contributed by atoms with van der Waals surface area (Å²) in [7, 11) is 0. The average molecular weight is 378 g/mol. The summed E-state index contributed by atoms with van der Waals surface area (Å²) >= 11 is 0. The number of allylic oxidation sites excluding steroid dienone is 1. The molecule has 2 aromatic rings. The highest BCUT2D eigenvalue weighted by atomic mass is 16.7. The average Bonchev–Trinajstić information content (AvgIpc) is 3.22. The fourth-order valence-corrected chi connectivity index (χ4v) is 3.93. The standard InChI is InChI=1S/C23H26N2O3/c1-17(18-11-12-20-21(15-18)28-16-27-20)10-13-23(26)25(19-7-3-2-4-8-19)22-9-5-6-14-24-22/h5-6,9-15,17,19H,2-4,7-8,16H2,1H3. The van der Waals surface area contributed by atoms with Gasteiger partial charge in [-0.25, -0.2) is 4.98 Å². The fraction of sp³-hybridized carbons (Fsp3) is 0.391. The number of carbonyl (C=O) groups is 1. The number of benzene rings is 1. The minimum Gasteiger partial charge on any atom is -0.454 e. The Hall–Kier alpha value is -2.82. The lowest BCUT2D eigenvalue weighted by molar-refractivity contribution is -0.114. The predicted molar refractivity (Wildman–Crippen MR) is 109 cm³/mol. The molecule has 5 nitrogen and oxygen atoms in total. The molecule has 0 N–H and O–H groups in total. The number of hydrogen-bond donors (Lipinski definition) is 0. The normalized spacial score (nSPS) is 17.6. The molecule has 146 valence electrons. The molecule has 0 bridgehead atoms. The molecule has 1 aliphatic heterocycles. The van der Waals surface area contributed by atoms with Crippen LogP contribution < -0.4 is 14.4 Å². The van der Waals surface area contributed by atoms with E-state index in [-0.39, 0.29) is 24.7 Å². The molecule has 2 aliphatic rings. The van der Waals surface area contributed by atoms with E-state index in [2.05, 4.69) is 11.9 Å². The number of carbonyl (C=O) groups excluding carboxylic acids is 1. The Labute approximate surface area is 166 Å². The van der Waals surface area contributed by atoms with Crippen molar-refractivity contribution in [2.75, 3.05) is 11.7 Å². The maximum atomic E-state index is 13.1. The van der Waals surface area contributed by atoms with Crippen LogP contribution in [0.1, 0.15) is 50.5 Å². The molecule has 1 unspecified atom stereocenters. The molecule has 1 fully saturated rings. The molecule has 28 heavy (non-hydrogen) atoms. The van der Waals surface area contributed by atoms with Crippen molar-refractivity contribution in [3.8, 4) is 11.5 Å². The molecule has 4 rings (SSSR count). The Morgan fingerprint density at radius 3 is 2.75 bits per heavy atom. The Morgan fingerprint density at radius 1 is 1.14 bits per heavy atom. The van der Waals surface area contributed by atoms with E-state index in [1.165, 1.54) is 19.3 Å². The van der Waals surface area contributed by atoms with Gasteiger partial charge in [0, 0.05) is 18.3 Å². The van der Waals surface area contributed by atoms with Gasteiger partial charge >= 0.3 is 0 Å². The second-order valence-corrected chi connectivity index (χ2v) is 7.45. The van der Waals surface area contributed by atoms with Crippen LogP contribution in [-0.2, 0) is 4.79 Å². The number of fused-ring (bicyclic) bond motifs is 1. The fourth-order valence-electron chi connectivity index (χ4n) is 3.93. The van der Waals surface area contributed by atoms with Crippen molar-refractivity contribution in [3.05, 3.63) is 60.3 Å². The Kier molecular flexibility index (Phi) is 5.60. The van der Waals surface area contributed by atoms with E-state index in [1.807, 2.05) is 47.4 Å². The molecular weight excluding hydrogens is 352 g/mol. The van der Waals surface area contributed by atoms with Gasteiger partial charge in [-0.3, -0.25) is 9.69 Å². The molecule has 1 amide bonds. The van der Waals surface area contributed by atoms with Gasteiger partial charge in [-0.15, -0.1) is 0 Å². The lowest BCUT2D eigenvalue weighted by atomic mass is 9.94. The van der Waals surface area contributed by atoms with Crippen LogP contribution >= 0.6 is 0 Å². The first-order valence-electron chi connectivity index (χ1n) is 10.0. The van der Waals surface area contributed by atoms with Gasteiger partial charge in [-0.1, -0.05) is 44.4 Å². The van der Waals surface area contributed by atoms with Crippen molar-refractivity contribution in [1.29, 1.82) is 0 Å². The molecule has 2 heterocycles. The lowest BCUT2D eigenvalue weighted by Crippen LogP contribution is -2.41. The summed E-state index contributed by atoms with van der Waals surface area (Å²) in [6, 6.07) is 11.9. The molecule has 0 saturated heterocycles. The van der Waals surface area contributed by atoms with Crippen LogP contribution in [0.15, 0.2) is 54.7 Å². The lowest BCUT2D eigenvalue weighted by Gasteiger charge is -2.33. The van der Waals surface area contributed by atoms with Gasteiger partial charge in [-0.2, -0.15) is 0 Å². The zero-order valence-corrected chi connectivity index (χ0v) is 16.2. The molecule has 1 aromatic carbocycles. The van der Waals surface area contributed by atoms with Crippen molar-refractivity contribution in [2.45, 2.75) is 51.0 Å². The third-order valence-corrected chi connectivity index (χ3v) is 5.52. The molecule has 0 radical (unpaired) electrons. The van der Waals surface area contributed by atoms with Crippen LogP contribution in [-0.4, -0.2) is 23.7 Å². The van der Waals surface area contributed by atoms with Crippen LogP contribution in [0.3, 0.4) is 0 Å². The molecule has 1 aromatic heterocycles. The number of pyridine rings is 1. The van der Waals surface area contributed by atoms with Crippen molar-refractivity contribution >= 4 is 11.7 Å². The molecule has 5 heteroatoms. The van der Waals surface area contributed by atoms with E-state index in [9.17, 15) is 4.79 Å². The van der Waals surface area contributed by atoms with Crippen molar-refractivity contribution in [3.63, 3.8) is 0 Å². The highest BCUT2D eigenvalue weighted by molar-refractivity contribution is 6.01. The van der Waals surface area contributed by atoms with Gasteiger partial charge in [0.05, 0.1) is 0 Å². The van der Waals surface area contributed by atoms with E-state index in [0.717, 1.165) is 35.7 Å². The summed E-state index contributed by atoms with van der Waals surface area (Å²) in [5.41, 5.74) is 1.09. The first-order chi connectivity index (χ1) is 13.7. The van der Waals surface area contributed by atoms with Crippen molar-refractivity contribution in [1.82, 2.24) is 4.98 Å². The van der Waals surface area contributed by atoms with Gasteiger partial charge in [0.15, 0.2) is 11.5 Å². The van der Waals surface area contributed by atoms with E-state index >= 15 is 0 Å². The Bertz CT molecular complexity index is 844. The van der Waals surface area contributed by atoms with E-state index in [1.54, 1.807) is 12.3 Å². The number of amides is 1. The number of hydrogen-bond acceptors (Lipinski definition) is 4. The number of anilines is 1. The molecule has 1 atom stereocenters. The van der Waals surface area contributed by atoms with E-state index in [0.29, 0.717) is 0 Å². The van der Waals surface area contributed by atoms with E-state index < -0.39 is 0 Å². The molecule has 1 saturated carbocycles. The number of ether oxygens (including phenoxy) is 2. The predicted octanol–water partition coefficient (Wildman–Crippen LogP) is 4.84. The summed E-state index contributed by atoms with van der Waals surface area (Å²) in [5.74, 6) is 2.37. The third-order valence-electron chi connectivity index (χ3n) is 5.52. The minimum atomic E-state index is -0.00167. The Morgan fingerprint density at radius 2 is 1.96 bits per heavy atom. The zero-order valence-electron chi connectivity index (χ0n) is 16.2. The third kappa shape index (κ3) is 4.03. The maximum absolute atomic E-state index is 13.1. The first-order valence-corrected chi connectivity index (χ1v) is 10.0. The summed E-state index contributed by atoms with van der Waals surface area (Å²) < 4.78 is 10.8. The second kappa shape index (κ2) is 8.46. The minimum absolute atomic E-state index is 0.00167. The summed E-state index contributed by atoms with van der Waals surface area (Å²) in [5, 5.41) is 0. The molecular formula is C23H26N2O3. The smallest absolute Gasteiger partial charge is 0.252 e. The van der Waals surface area contributed by atoms with Crippen LogP contribution in [0, 0.1) is 0 Å². The summed E-state index contributed by atoms with van der Waals surface area (Å²) in [4.78, 5) is 19.4. The largest absolute Gasteiger partial charge is 0.454 e. The van der Waals surface area contributed by atoms with Gasteiger partial charge in [0.1, 0.15) is 5.82 Å². The van der Waals surface area contributed by atoms with Crippen LogP contribution in [0.5, 0.6) is 11.5 Å². The van der Waals surface area contributed by atoms with Crippen molar-refractivity contribution < 1.29 is 14.3 Å². The second-order valence-electron chi connectivity index (χ2n) is 7.45. The number of rotatable bonds is 5. The monoisotopic (exact) mass is 378 g/mol. The Balaban J connectivity index is 1.51. The van der Waals surface area contributed by atoms with Crippen LogP contribution in [0.25, 0.3) is 0 Å². The first kappa shape index (κ1) is 18.5. The highest BCUT2D eigenvalue weighted by Crippen LogP contribution is 2.35. The summed E-state index contributed by atoms with van der Waals surface area (Å²) in [6.45, 7) is 2.34. The quantitative estimate of drug-likeness (QED) is 0.699. The summed E-state index contributed by atoms with van der Waals surface area (Å²) in [6.07, 6.45) is 11.0. The SMILES string of the molecule is CC(C=CC(=O)N(c1ccccn1)C1CCCCC1)c1ccc2c(c1)OCO2. The molecule has 0 spiro atoms. The van der Waals surface area contributed by atoms with Gasteiger partial charge < -0.3 is 9.47 Å². The van der Waals surface area contributed by atoms with Crippen LogP contribution in [0.2, 0.25) is 0 Å². The van der Waals surface area contributed by atoms with Crippen molar-refractivity contribution in [2.24, 2.45) is 0 Å². The maximum Gasteiger partial charge on any atom is 0.252 e. The molecule has 1 aliphatic carbocycles.